The lowest BCUT2D eigenvalue weighted by Crippen LogP contribution is -2.36. The summed E-state index contributed by atoms with van der Waals surface area (Å²) in [4.78, 5) is 22.4. The fourth-order valence-electron chi connectivity index (χ4n) is 5.61. The molecule has 2 fully saturated rings. The van der Waals surface area contributed by atoms with Crippen molar-refractivity contribution in [2.45, 2.75) is 38.6 Å². The maximum Gasteiger partial charge on any atom is 0.221 e. The Bertz CT molecular complexity index is 1540. The zero-order valence-electron chi connectivity index (χ0n) is 23.5. The number of nitrogens with two attached hydrogens (primary N) is 1. The predicted molar refractivity (Wildman–Crippen MR) is 161 cm³/mol. The quantitative estimate of drug-likeness (QED) is 0.187. The number of para-hydroxylation sites is 1. The molecule has 0 spiro atoms. The highest BCUT2D eigenvalue weighted by atomic mass is 19.1. The minimum Gasteiger partial charge on any atom is -0.379 e. The summed E-state index contributed by atoms with van der Waals surface area (Å²) in [6.07, 6.45) is 10.4. The number of hydrogen-bond acceptors (Lipinski definition) is 6. The first-order chi connectivity index (χ1) is 20.3. The van der Waals surface area contributed by atoms with Gasteiger partial charge in [0.05, 0.1) is 36.1 Å². The summed E-state index contributed by atoms with van der Waals surface area (Å²) >= 11 is 0. The molecule has 0 unspecified atom stereocenters. The average molecular weight is 572 g/mol. The van der Waals surface area contributed by atoms with E-state index in [1.807, 2.05) is 17.1 Å². The van der Waals surface area contributed by atoms with Crippen molar-refractivity contribution in [2.75, 3.05) is 26.3 Å². The van der Waals surface area contributed by atoms with Crippen LogP contribution in [-0.2, 0) is 16.1 Å². The molecule has 1 saturated heterocycles. The van der Waals surface area contributed by atoms with E-state index in [1.54, 1.807) is 24.4 Å². The Hall–Kier alpha value is -4.08. The number of rotatable bonds is 9. The Labute approximate surface area is 244 Å². The molecule has 1 aliphatic heterocycles. The van der Waals surface area contributed by atoms with Crippen molar-refractivity contribution in [3.8, 4) is 11.1 Å². The highest BCUT2D eigenvalue weighted by Crippen LogP contribution is 2.35. The second-order valence-electron chi connectivity index (χ2n) is 10.9. The van der Waals surface area contributed by atoms with Crippen LogP contribution in [0.2, 0.25) is 0 Å². The number of morpholine rings is 1. The number of aromatic nitrogens is 2. The van der Waals surface area contributed by atoms with Crippen LogP contribution in [0.25, 0.3) is 27.7 Å². The van der Waals surface area contributed by atoms with E-state index in [1.165, 1.54) is 23.9 Å². The van der Waals surface area contributed by atoms with Gasteiger partial charge in [-0.25, -0.2) is 13.8 Å². The number of benzene rings is 2. The van der Waals surface area contributed by atoms with E-state index < -0.39 is 11.6 Å². The number of carbonyl (C=O) groups excluding carboxylic acids is 1. The standard InChI is InChI=1S/C33H35F2N5O2/c1-21(23-8-5-22(6-9-23)7-10-32(37)41)15-25(18-36)31-19-38-30-4-2-3-26(33(30)39-31)24-16-28(34)27(29(35)17-24)20-40-11-13-42-14-12-40/h2-4,7,15-19,23,36H,1,5-6,8-14,20H2,(H2,37,41)/b22-7?,25-15+,36-18?. The number of allylic oxidation sites excluding steroid dienone is 4. The molecule has 2 aliphatic rings. The molecule has 1 amide bonds. The molecule has 42 heavy (non-hydrogen) atoms. The number of carbonyl (C=O) groups is 1. The number of ether oxygens (including phenoxy) is 1. The Balaban J connectivity index is 1.40. The van der Waals surface area contributed by atoms with Crippen molar-refractivity contribution in [1.29, 1.82) is 5.41 Å². The summed E-state index contributed by atoms with van der Waals surface area (Å²) in [6.45, 7) is 6.82. The zero-order valence-corrected chi connectivity index (χ0v) is 23.5. The summed E-state index contributed by atoms with van der Waals surface area (Å²) in [6, 6.07) is 8.06. The lowest BCUT2D eigenvalue weighted by molar-refractivity contribution is -0.117. The normalized spacial score (nSPS) is 18.2. The third-order valence-electron chi connectivity index (χ3n) is 8.05. The lowest BCUT2D eigenvalue weighted by Gasteiger charge is -2.27. The van der Waals surface area contributed by atoms with Crippen LogP contribution in [0.15, 0.2) is 66.4 Å². The van der Waals surface area contributed by atoms with E-state index in [4.69, 9.17) is 20.9 Å². The summed E-state index contributed by atoms with van der Waals surface area (Å²) in [5.74, 6) is -1.29. The fourth-order valence-corrected chi connectivity index (χ4v) is 5.61. The molecule has 2 aromatic carbocycles. The Morgan fingerprint density at radius 3 is 2.55 bits per heavy atom. The molecular weight excluding hydrogens is 536 g/mol. The zero-order chi connectivity index (χ0) is 29.6. The SMILES string of the molecule is C=C(/C=C(\C=N)c1cnc2cccc(-c3cc(F)c(CN4CCOCC4)c(F)c3)c2n1)C1CCC(=CCC(N)=O)CC1. The van der Waals surface area contributed by atoms with Gasteiger partial charge in [-0.2, -0.15) is 0 Å². The minimum absolute atomic E-state index is 0.0402. The number of hydrogen-bond donors (Lipinski definition) is 2. The molecule has 1 aromatic heterocycles. The van der Waals surface area contributed by atoms with Crippen LogP contribution in [0.1, 0.15) is 43.4 Å². The van der Waals surface area contributed by atoms with Crippen LogP contribution in [0.3, 0.4) is 0 Å². The van der Waals surface area contributed by atoms with Crippen LogP contribution >= 0.6 is 0 Å². The van der Waals surface area contributed by atoms with Crippen LogP contribution in [0.4, 0.5) is 8.78 Å². The molecule has 3 N–H and O–H groups in total. The van der Waals surface area contributed by atoms with Crippen molar-refractivity contribution >= 4 is 28.7 Å². The molecular formula is C33H35F2N5O2. The predicted octanol–water partition coefficient (Wildman–Crippen LogP) is 5.99. The van der Waals surface area contributed by atoms with Gasteiger partial charge in [-0.3, -0.25) is 14.7 Å². The van der Waals surface area contributed by atoms with Gasteiger partial charge in [0.25, 0.3) is 0 Å². The van der Waals surface area contributed by atoms with Crippen LogP contribution < -0.4 is 5.73 Å². The van der Waals surface area contributed by atoms with Crippen molar-refractivity contribution < 1.29 is 18.3 Å². The van der Waals surface area contributed by atoms with Crippen molar-refractivity contribution in [2.24, 2.45) is 11.7 Å². The summed E-state index contributed by atoms with van der Waals surface area (Å²) in [5, 5.41) is 8.08. The molecule has 0 bridgehead atoms. The molecule has 218 valence electrons. The van der Waals surface area contributed by atoms with Crippen LogP contribution in [0, 0.1) is 23.0 Å². The largest absolute Gasteiger partial charge is 0.379 e. The number of primary amides is 1. The topological polar surface area (TPSA) is 105 Å². The molecule has 1 aliphatic carbocycles. The second-order valence-corrected chi connectivity index (χ2v) is 10.9. The van der Waals surface area contributed by atoms with Crippen LogP contribution in [0.5, 0.6) is 0 Å². The van der Waals surface area contributed by atoms with E-state index in [0.717, 1.165) is 31.3 Å². The van der Waals surface area contributed by atoms with Gasteiger partial charge in [0.15, 0.2) is 0 Å². The third-order valence-corrected chi connectivity index (χ3v) is 8.05. The highest BCUT2D eigenvalue weighted by Gasteiger charge is 2.21. The smallest absolute Gasteiger partial charge is 0.221 e. The summed E-state index contributed by atoms with van der Waals surface area (Å²) in [7, 11) is 0. The van der Waals surface area contributed by atoms with Crippen molar-refractivity contribution in [3.63, 3.8) is 0 Å². The van der Waals surface area contributed by atoms with Gasteiger partial charge < -0.3 is 15.9 Å². The number of nitrogens with zero attached hydrogens (tertiary/aromatic N) is 3. The first-order valence-corrected chi connectivity index (χ1v) is 14.2. The van der Waals surface area contributed by atoms with Gasteiger partial charge in [-0.1, -0.05) is 35.9 Å². The Morgan fingerprint density at radius 2 is 1.88 bits per heavy atom. The van der Waals surface area contributed by atoms with Gasteiger partial charge in [0.1, 0.15) is 11.6 Å². The minimum atomic E-state index is -0.603. The molecule has 0 atom stereocenters. The maximum absolute atomic E-state index is 15.2. The number of halogens is 2. The van der Waals surface area contributed by atoms with E-state index in [-0.39, 0.29) is 30.4 Å². The van der Waals surface area contributed by atoms with Crippen molar-refractivity contribution in [3.05, 3.63) is 89.3 Å². The average Bonchev–Trinajstić information content (AvgIpc) is 3.00. The third kappa shape index (κ3) is 6.86. The van der Waals surface area contributed by atoms with Crippen LogP contribution in [-0.4, -0.2) is 53.3 Å². The van der Waals surface area contributed by atoms with E-state index in [0.29, 0.717) is 59.7 Å². The fraction of sp³-hybridized carbons (Fsp3) is 0.333. The van der Waals surface area contributed by atoms with E-state index in [2.05, 4.69) is 11.6 Å². The van der Waals surface area contributed by atoms with Gasteiger partial charge in [0, 0.05) is 49.0 Å². The molecule has 0 radical (unpaired) electrons. The highest BCUT2D eigenvalue weighted by molar-refractivity contribution is 6.08. The maximum atomic E-state index is 15.2. The number of amides is 1. The lowest BCUT2D eigenvalue weighted by atomic mass is 9.81. The molecule has 2 heterocycles. The van der Waals surface area contributed by atoms with Crippen molar-refractivity contribution in [1.82, 2.24) is 14.9 Å². The Morgan fingerprint density at radius 1 is 1.17 bits per heavy atom. The molecule has 7 nitrogen and oxygen atoms in total. The van der Waals surface area contributed by atoms with E-state index >= 15 is 8.78 Å². The first kappa shape index (κ1) is 29.4. The molecule has 3 aromatic rings. The first-order valence-electron chi connectivity index (χ1n) is 14.2. The van der Waals surface area contributed by atoms with E-state index in [9.17, 15) is 4.79 Å². The van der Waals surface area contributed by atoms with Gasteiger partial charge in [-0.15, -0.1) is 0 Å². The van der Waals surface area contributed by atoms with Gasteiger partial charge in [0.2, 0.25) is 5.91 Å². The molecule has 5 rings (SSSR count). The van der Waals surface area contributed by atoms with Gasteiger partial charge >= 0.3 is 0 Å². The summed E-state index contributed by atoms with van der Waals surface area (Å²) < 4.78 is 35.8. The van der Waals surface area contributed by atoms with Gasteiger partial charge in [-0.05, 0) is 61.4 Å². The Kier molecular flexibility index (Phi) is 9.29. The molecule has 9 heteroatoms. The number of fused-ring (bicyclic) bond motifs is 1. The monoisotopic (exact) mass is 571 g/mol. The number of nitrogens with one attached hydrogen (secondary N) is 1. The second kappa shape index (κ2) is 13.3. The summed E-state index contributed by atoms with van der Waals surface area (Å²) in [5.41, 5.74) is 10.5. The molecule has 1 saturated carbocycles.